The van der Waals surface area contributed by atoms with Crippen LogP contribution in [0.2, 0.25) is 0 Å². The van der Waals surface area contributed by atoms with Crippen molar-refractivity contribution < 1.29 is 23.7 Å². The van der Waals surface area contributed by atoms with Crippen molar-refractivity contribution in [2.75, 3.05) is 40.2 Å². The van der Waals surface area contributed by atoms with E-state index in [4.69, 9.17) is 31.2 Å². The fraction of sp³-hybridized carbons (Fsp3) is 0.407. The minimum Gasteiger partial charge on any atom is -0.497 e. The molecule has 1 fully saturated rings. The highest BCUT2D eigenvalue weighted by Crippen LogP contribution is 2.39. The van der Waals surface area contributed by atoms with Crippen molar-refractivity contribution in [1.82, 2.24) is 4.90 Å². The predicted molar refractivity (Wildman–Crippen MR) is 146 cm³/mol. The van der Waals surface area contributed by atoms with Crippen molar-refractivity contribution in [3.63, 3.8) is 0 Å². The fourth-order valence-corrected chi connectivity index (χ4v) is 5.88. The van der Waals surface area contributed by atoms with Crippen LogP contribution in [0.1, 0.15) is 36.5 Å². The van der Waals surface area contributed by atoms with Gasteiger partial charge in [0.1, 0.15) is 5.75 Å². The molecule has 8 heteroatoms. The first-order valence-electron chi connectivity index (χ1n) is 11.8. The van der Waals surface area contributed by atoms with Crippen LogP contribution in [-0.2, 0) is 4.74 Å². The fourth-order valence-electron chi connectivity index (χ4n) is 4.69. The number of methoxy groups -OCH3 is 3. The van der Waals surface area contributed by atoms with E-state index in [-0.39, 0.29) is 11.9 Å². The molecule has 3 aromatic rings. The van der Waals surface area contributed by atoms with E-state index in [9.17, 15) is 4.79 Å². The lowest BCUT2D eigenvalue weighted by molar-refractivity contribution is 0.0643. The molecule has 0 aliphatic carbocycles. The first-order valence-corrected chi connectivity index (χ1v) is 13.2. The van der Waals surface area contributed by atoms with Gasteiger partial charge in [0.05, 0.1) is 27.9 Å². The molecule has 0 bridgehead atoms. The molecule has 1 aliphatic rings. The van der Waals surface area contributed by atoms with Gasteiger partial charge in [-0.05, 0) is 96.3 Å². The summed E-state index contributed by atoms with van der Waals surface area (Å²) in [5.74, 6) is 2.76. The number of carbonyl (C=O) groups is 1. The van der Waals surface area contributed by atoms with Crippen LogP contribution < -0.4 is 14.2 Å². The monoisotopic (exact) mass is 513 g/mol. The maximum atomic E-state index is 14.0. The Bertz CT molecular complexity index is 1250. The number of fused-ring (bicyclic) bond motifs is 3. The van der Waals surface area contributed by atoms with E-state index < -0.39 is 0 Å². The molecule has 0 spiro atoms. The number of likely N-dealkylation sites (tertiary alicyclic amines) is 1. The van der Waals surface area contributed by atoms with Crippen molar-refractivity contribution in [2.45, 2.75) is 32.2 Å². The Morgan fingerprint density at radius 2 is 1.77 bits per heavy atom. The number of nitrogens with zero attached hydrogens (tertiary/aromatic N) is 1. The van der Waals surface area contributed by atoms with Crippen LogP contribution in [0.3, 0.4) is 0 Å². The average molecular weight is 514 g/mol. The summed E-state index contributed by atoms with van der Waals surface area (Å²) in [7, 11) is 4.88. The Labute approximate surface area is 215 Å². The van der Waals surface area contributed by atoms with Gasteiger partial charge in [-0.2, -0.15) is 0 Å². The van der Waals surface area contributed by atoms with E-state index in [1.165, 1.54) is 11.8 Å². The second kappa shape index (κ2) is 11.4. The molecular formula is C27H31NO5S2. The summed E-state index contributed by atoms with van der Waals surface area (Å²) in [5, 5.41) is 3.71. The number of thiocarbonyl (C=S) groups is 1. The summed E-state index contributed by atoms with van der Waals surface area (Å²) in [6.45, 7) is 3.21. The van der Waals surface area contributed by atoms with Gasteiger partial charge >= 0.3 is 0 Å². The number of amides is 1. The first kappa shape index (κ1) is 25.4. The van der Waals surface area contributed by atoms with Crippen LogP contribution >= 0.6 is 24.0 Å². The lowest BCUT2D eigenvalue weighted by atomic mass is 9.94. The third-order valence-electron chi connectivity index (χ3n) is 6.44. The standard InChI is InChI=1S/C27H31NO5S2/c1-5-33-27(34)35-16-18-8-6-7-11-28(18)26(29)23-12-17-13-24(31-3)25(32-4)15-21(17)22-14-19(30-2)9-10-20(22)23/h9-10,12-15,18H,5-8,11,16H2,1-4H3/t18-/m1/s1. The Morgan fingerprint density at radius 3 is 2.49 bits per heavy atom. The predicted octanol–water partition coefficient (Wildman–Crippen LogP) is 6.07. The number of hydrogen-bond donors (Lipinski definition) is 0. The smallest absolute Gasteiger partial charge is 0.254 e. The molecule has 4 rings (SSSR count). The highest BCUT2D eigenvalue weighted by atomic mass is 32.2. The quantitative estimate of drug-likeness (QED) is 0.281. The highest BCUT2D eigenvalue weighted by Gasteiger charge is 2.29. The molecule has 1 saturated heterocycles. The molecule has 0 unspecified atom stereocenters. The van der Waals surface area contributed by atoms with Crippen molar-refractivity contribution in [2.24, 2.45) is 0 Å². The summed E-state index contributed by atoms with van der Waals surface area (Å²) in [4.78, 5) is 16.0. The Kier molecular flexibility index (Phi) is 8.23. The van der Waals surface area contributed by atoms with Crippen molar-refractivity contribution in [3.8, 4) is 17.2 Å². The maximum Gasteiger partial charge on any atom is 0.254 e. The van der Waals surface area contributed by atoms with Crippen molar-refractivity contribution in [1.29, 1.82) is 0 Å². The normalized spacial score (nSPS) is 15.8. The van der Waals surface area contributed by atoms with Gasteiger partial charge in [-0.3, -0.25) is 4.79 Å². The van der Waals surface area contributed by atoms with Gasteiger partial charge < -0.3 is 23.8 Å². The van der Waals surface area contributed by atoms with Gasteiger partial charge in [-0.25, -0.2) is 0 Å². The molecular weight excluding hydrogens is 482 g/mol. The Hall–Kier alpha value is -2.71. The van der Waals surface area contributed by atoms with Crippen LogP contribution in [0.5, 0.6) is 17.2 Å². The number of hydrogen-bond acceptors (Lipinski definition) is 7. The maximum absolute atomic E-state index is 14.0. The molecule has 3 aromatic carbocycles. The molecule has 186 valence electrons. The number of benzene rings is 3. The average Bonchev–Trinajstić information content (AvgIpc) is 2.90. The number of rotatable bonds is 7. The Balaban J connectivity index is 1.80. The van der Waals surface area contributed by atoms with Crippen molar-refractivity contribution >= 4 is 55.8 Å². The van der Waals surface area contributed by atoms with E-state index >= 15 is 0 Å². The van der Waals surface area contributed by atoms with Gasteiger partial charge in [-0.1, -0.05) is 11.8 Å². The number of ether oxygens (including phenoxy) is 4. The van der Waals surface area contributed by atoms with Gasteiger partial charge in [0, 0.05) is 23.9 Å². The molecule has 0 radical (unpaired) electrons. The summed E-state index contributed by atoms with van der Waals surface area (Å²) >= 11 is 6.82. The topological polar surface area (TPSA) is 57.2 Å². The van der Waals surface area contributed by atoms with Crippen molar-refractivity contribution in [3.05, 3.63) is 42.0 Å². The second-order valence-corrected chi connectivity index (χ2v) is 10.0. The van der Waals surface area contributed by atoms with E-state index in [1.54, 1.807) is 21.3 Å². The van der Waals surface area contributed by atoms with E-state index in [0.29, 0.717) is 28.1 Å². The van der Waals surface area contributed by atoms with E-state index in [2.05, 4.69) is 0 Å². The van der Waals surface area contributed by atoms with Crippen LogP contribution in [0, 0.1) is 0 Å². The molecule has 1 aliphatic heterocycles. The molecule has 0 N–H and O–H groups in total. The van der Waals surface area contributed by atoms with Crippen LogP contribution in [0.15, 0.2) is 36.4 Å². The molecule has 0 saturated carbocycles. The molecule has 0 aromatic heterocycles. The number of carbonyl (C=O) groups excluding carboxylic acids is 1. The summed E-state index contributed by atoms with van der Waals surface area (Å²) in [6, 6.07) is 11.8. The lowest BCUT2D eigenvalue weighted by Crippen LogP contribution is -2.45. The molecule has 35 heavy (non-hydrogen) atoms. The zero-order valence-electron chi connectivity index (χ0n) is 20.6. The van der Waals surface area contributed by atoms with E-state index in [1.807, 2.05) is 48.2 Å². The summed E-state index contributed by atoms with van der Waals surface area (Å²) in [6.07, 6.45) is 3.05. The number of piperidine rings is 1. The zero-order chi connectivity index (χ0) is 24.9. The SMILES string of the molecule is CCOC(=S)SC[C@H]1CCCCN1C(=O)c1cc2cc(OC)c(OC)cc2c2cc(OC)ccc12. The molecule has 1 heterocycles. The van der Waals surface area contributed by atoms with Gasteiger partial charge in [0.2, 0.25) is 4.38 Å². The van der Waals surface area contributed by atoms with Gasteiger partial charge in [0.25, 0.3) is 5.91 Å². The van der Waals surface area contributed by atoms with Crippen LogP contribution in [0.25, 0.3) is 21.5 Å². The second-order valence-electron chi connectivity index (χ2n) is 8.41. The lowest BCUT2D eigenvalue weighted by Gasteiger charge is -2.36. The van der Waals surface area contributed by atoms with E-state index in [0.717, 1.165) is 58.9 Å². The Morgan fingerprint density at radius 1 is 1.00 bits per heavy atom. The largest absolute Gasteiger partial charge is 0.497 e. The van der Waals surface area contributed by atoms with Gasteiger partial charge in [0.15, 0.2) is 11.5 Å². The summed E-state index contributed by atoms with van der Waals surface area (Å²) < 4.78 is 22.6. The third-order valence-corrected chi connectivity index (χ3v) is 7.81. The summed E-state index contributed by atoms with van der Waals surface area (Å²) in [5.41, 5.74) is 0.673. The molecule has 1 amide bonds. The van der Waals surface area contributed by atoms with Crippen LogP contribution in [0.4, 0.5) is 0 Å². The minimum atomic E-state index is 0.0319. The molecule has 1 atom stereocenters. The number of thioether (sulfide) groups is 1. The molecule has 6 nitrogen and oxygen atoms in total. The highest BCUT2D eigenvalue weighted by molar-refractivity contribution is 8.22. The van der Waals surface area contributed by atoms with Gasteiger partial charge in [-0.15, -0.1) is 0 Å². The first-order chi connectivity index (χ1) is 17.0. The van der Waals surface area contributed by atoms with Crippen LogP contribution in [-0.4, -0.2) is 61.5 Å². The zero-order valence-corrected chi connectivity index (χ0v) is 22.2. The third kappa shape index (κ3) is 5.28. The minimum absolute atomic E-state index is 0.0319.